The number of piperidine rings is 1. The van der Waals surface area contributed by atoms with Gasteiger partial charge in [-0.1, -0.05) is 11.2 Å². The van der Waals surface area contributed by atoms with Crippen molar-refractivity contribution in [3.8, 4) is 0 Å². The minimum atomic E-state index is -0.199. The molecule has 7 heteroatoms. The largest absolute Gasteiger partial charge is 0.367 e. The lowest BCUT2D eigenvalue weighted by molar-refractivity contribution is -0.121. The Morgan fingerprint density at radius 3 is 2.68 bits per heavy atom. The Labute approximate surface area is 147 Å². The normalized spacial score (nSPS) is 17.2. The van der Waals surface area contributed by atoms with E-state index in [1.165, 1.54) is 0 Å². The van der Waals surface area contributed by atoms with E-state index in [1.807, 2.05) is 32.0 Å². The fourth-order valence-corrected chi connectivity index (χ4v) is 3.09. The molecule has 1 unspecified atom stereocenters. The van der Waals surface area contributed by atoms with Crippen LogP contribution in [0, 0.1) is 13.8 Å². The molecule has 7 nitrogen and oxygen atoms in total. The number of nitrogens with zero attached hydrogens (tertiary/aromatic N) is 3. The lowest BCUT2D eigenvalue weighted by atomic mass is 10.0. The summed E-state index contributed by atoms with van der Waals surface area (Å²) in [6, 6.07) is 7.90. The maximum atomic E-state index is 12.4. The molecule has 2 aromatic heterocycles. The number of nitrogens with one attached hydrogen (secondary N) is 2. The van der Waals surface area contributed by atoms with Crippen LogP contribution >= 0.6 is 0 Å². The summed E-state index contributed by atoms with van der Waals surface area (Å²) in [5, 5.41) is 10.1. The molecule has 0 aromatic carbocycles. The highest BCUT2D eigenvalue weighted by Gasteiger charge is 2.27. The van der Waals surface area contributed by atoms with Crippen LogP contribution in [0.4, 0.5) is 11.6 Å². The Kier molecular flexibility index (Phi) is 5.33. The van der Waals surface area contributed by atoms with Gasteiger partial charge in [-0.3, -0.25) is 9.69 Å². The van der Waals surface area contributed by atoms with Gasteiger partial charge in [-0.25, -0.2) is 4.98 Å². The Balaban J connectivity index is 1.48. The van der Waals surface area contributed by atoms with E-state index >= 15 is 0 Å². The number of pyridine rings is 1. The van der Waals surface area contributed by atoms with E-state index in [1.54, 1.807) is 13.0 Å². The first-order valence-corrected chi connectivity index (χ1v) is 8.69. The SMILES string of the molecule is Cc1cccc(NC2CCN(C(C)C(=O)Nc3cc(C)on3)CC2)n1. The maximum absolute atomic E-state index is 12.4. The Bertz CT molecular complexity index is 722. The van der Waals surface area contributed by atoms with Crippen molar-refractivity contribution in [3.63, 3.8) is 0 Å². The molecule has 1 aliphatic rings. The third-order valence-electron chi connectivity index (χ3n) is 4.58. The first-order valence-electron chi connectivity index (χ1n) is 8.69. The van der Waals surface area contributed by atoms with Crippen molar-refractivity contribution in [1.82, 2.24) is 15.0 Å². The topological polar surface area (TPSA) is 83.3 Å². The van der Waals surface area contributed by atoms with E-state index in [0.717, 1.165) is 37.4 Å². The second-order valence-electron chi connectivity index (χ2n) is 6.61. The van der Waals surface area contributed by atoms with E-state index in [9.17, 15) is 4.79 Å². The number of anilines is 2. The van der Waals surface area contributed by atoms with Crippen LogP contribution < -0.4 is 10.6 Å². The predicted octanol–water partition coefficient (Wildman–Crippen LogP) is 2.59. The molecule has 1 fully saturated rings. The average molecular weight is 343 g/mol. The Morgan fingerprint density at radius 1 is 1.28 bits per heavy atom. The molecule has 1 aliphatic heterocycles. The number of rotatable bonds is 5. The van der Waals surface area contributed by atoms with Crippen molar-refractivity contribution in [2.45, 2.75) is 45.7 Å². The van der Waals surface area contributed by atoms with Gasteiger partial charge < -0.3 is 15.2 Å². The standard InChI is InChI=1S/C18H25N5O2/c1-12-5-4-6-16(19-12)20-15-7-9-23(10-8-15)14(3)18(24)21-17-11-13(2)25-22-17/h4-6,11,14-15H,7-10H2,1-3H3,(H,19,20)(H,21,22,24). The number of amides is 1. The molecule has 0 aliphatic carbocycles. The zero-order chi connectivity index (χ0) is 17.8. The van der Waals surface area contributed by atoms with E-state index in [2.05, 4.69) is 25.7 Å². The zero-order valence-electron chi connectivity index (χ0n) is 15.0. The summed E-state index contributed by atoms with van der Waals surface area (Å²) in [6.07, 6.45) is 1.96. The van der Waals surface area contributed by atoms with Gasteiger partial charge in [-0.2, -0.15) is 0 Å². The Morgan fingerprint density at radius 2 is 2.04 bits per heavy atom. The van der Waals surface area contributed by atoms with Crippen molar-refractivity contribution in [1.29, 1.82) is 0 Å². The zero-order valence-corrected chi connectivity index (χ0v) is 15.0. The quantitative estimate of drug-likeness (QED) is 0.868. The summed E-state index contributed by atoms with van der Waals surface area (Å²) in [5.41, 5.74) is 1.01. The minimum Gasteiger partial charge on any atom is -0.367 e. The number of hydrogen-bond donors (Lipinski definition) is 2. The molecule has 3 rings (SSSR count). The van der Waals surface area contributed by atoms with Gasteiger partial charge in [-0.15, -0.1) is 0 Å². The van der Waals surface area contributed by atoms with Gasteiger partial charge in [0.2, 0.25) is 5.91 Å². The first-order chi connectivity index (χ1) is 12.0. The van der Waals surface area contributed by atoms with Gasteiger partial charge >= 0.3 is 0 Å². The van der Waals surface area contributed by atoms with E-state index in [-0.39, 0.29) is 11.9 Å². The molecule has 3 heterocycles. The molecule has 1 amide bonds. The molecule has 2 aromatic rings. The predicted molar refractivity (Wildman–Crippen MR) is 96.5 cm³/mol. The van der Waals surface area contributed by atoms with Crippen LogP contribution in [0.15, 0.2) is 28.8 Å². The van der Waals surface area contributed by atoms with Gasteiger partial charge in [0.15, 0.2) is 5.82 Å². The van der Waals surface area contributed by atoms with Gasteiger partial charge in [-0.05, 0) is 45.7 Å². The highest BCUT2D eigenvalue weighted by Crippen LogP contribution is 2.18. The Hall–Kier alpha value is -2.41. The van der Waals surface area contributed by atoms with Crippen LogP contribution in [0.5, 0.6) is 0 Å². The highest BCUT2D eigenvalue weighted by atomic mass is 16.5. The summed E-state index contributed by atoms with van der Waals surface area (Å²) in [5.74, 6) is 2.02. The molecular formula is C18H25N5O2. The first kappa shape index (κ1) is 17.4. The molecule has 1 atom stereocenters. The van der Waals surface area contributed by atoms with Crippen molar-refractivity contribution < 1.29 is 9.32 Å². The average Bonchev–Trinajstić information content (AvgIpc) is 3.00. The van der Waals surface area contributed by atoms with Crippen molar-refractivity contribution in [3.05, 3.63) is 35.7 Å². The van der Waals surface area contributed by atoms with Crippen LogP contribution in [0.2, 0.25) is 0 Å². The fraction of sp³-hybridized carbons (Fsp3) is 0.500. The highest BCUT2D eigenvalue weighted by molar-refractivity contribution is 5.93. The maximum Gasteiger partial charge on any atom is 0.242 e. The minimum absolute atomic E-state index is 0.0555. The molecule has 0 radical (unpaired) electrons. The summed E-state index contributed by atoms with van der Waals surface area (Å²) < 4.78 is 4.98. The van der Waals surface area contributed by atoms with Gasteiger partial charge in [0.1, 0.15) is 11.6 Å². The van der Waals surface area contributed by atoms with Gasteiger partial charge in [0.05, 0.1) is 6.04 Å². The molecular weight excluding hydrogens is 318 g/mol. The number of aryl methyl sites for hydroxylation is 2. The molecule has 134 valence electrons. The van der Waals surface area contributed by atoms with Gasteiger partial charge in [0.25, 0.3) is 0 Å². The smallest absolute Gasteiger partial charge is 0.242 e. The molecule has 2 N–H and O–H groups in total. The summed E-state index contributed by atoms with van der Waals surface area (Å²) in [7, 11) is 0. The van der Waals surface area contributed by atoms with E-state index < -0.39 is 0 Å². The van der Waals surface area contributed by atoms with Crippen molar-refractivity contribution in [2.75, 3.05) is 23.7 Å². The third kappa shape index (κ3) is 4.57. The van der Waals surface area contributed by atoms with Gasteiger partial charge in [0, 0.05) is 30.9 Å². The number of aromatic nitrogens is 2. The number of carbonyl (C=O) groups is 1. The summed E-state index contributed by atoms with van der Waals surface area (Å²) in [4.78, 5) is 19.1. The summed E-state index contributed by atoms with van der Waals surface area (Å²) >= 11 is 0. The van der Waals surface area contributed by atoms with Crippen LogP contribution in [0.25, 0.3) is 0 Å². The third-order valence-corrected chi connectivity index (χ3v) is 4.58. The molecule has 0 bridgehead atoms. The van der Waals surface area contributed by atoms with Crippen LogP contribution in [0.1, 0.15) is 31.2 Å². The van der Waals surface area contributed by atoms with E-state index in [0.29, 0.717) is 17.6 Å². The molecule has 0 saturated carbocycles. The molecule has 0 spiro atoms. The lowest BCUT2D eigenvalue weighted by Gasteiger charge is -2.35. The second-order valence-corrected chi connectivity index (χ2v) is 6.61. The van der Waals surface area contributed by atoms with Crippen LogP contribution in [-0.4, -0.2) is 46.1 Å². The number of carbonyl (C=O) groups excluding carboxylic acids is 1. The van der Waals surface area contributed by atoms with Crippen molar-refractivity contribution in [2.24, 2.45) is 0 Å². The lowest BCUT2D eigenvalue weighted by Crippen LogP contribution is -2.48. The van der Waals surface area contributed by atoms with Crippen LogP contribution in [0.3, 0.4) is 0 Å². The van der Waals surface area contributed by atoms with Crippen LogP contribution in [-0.2, 0) is 4.79 Å². The second kappa shape index (κ2) is 7.65. The summed E-state index contributed by atoms with van der Waals surface area (Å²) in [6.45, 7) is 7.46. The van der Waals surface area contributed by atoms with E-state index in [4.69, 9.17) is 4.52 Å². The monoisotopic (exact) mass is 343 g/mol. The van der Waals surface area contributed by atoms with Crippen molar-refractivity contribution >= 4 is 17.5 Å². The molecule has 25 heavy (non-hydrogen) atoms. The number of hydrogen-bond acceptors (Lipinski definition) is 6. The molecule has 1 saturated heterocycles. The fourth-order valence-electron chi connectivity index (χ4n) is 3.09. The number of likely N-dealkylation sites (tertiary alicyclic amines) is 1.